The fraction of sp³-hybridized carbons (Fsp3) is 0. The molecule has 1 heterocycles. The van der Waals surface area contributed by atoms with Gasteiger partial charge in [0.05, 0.1) is 11.7 Å². The third-order valence-electron chi connectivity index (χ3n) is 0.874. The molecular formula is C6H4AgNO2. The van der Waals surface area contributed by atoms with Crippen molar-refractivity contribution in [1.29, 1.82) is 0 Å². The summed E-state index contributed by atoms with van der Waals surface area (Å²) in [4.78, 5) is 13.5. The number of carbonyl (C=O) groups is 1. The Bertz CT molecular complexity index is 212. The van der Waals surface area contributed by atoms with Crippen LogP contribution in [0.15, 0.2) is 24.4 Å². The second-order valence-corrected chi connectivity index (χ2v) is 1.50. The molecule has 0 saturated heterocycles. The average molecular weight is 230 g/mol. The van der Waals surface area contributed by atoms with Crippen molar-refractivity contribution in [3.05, 3.63) is 30.1 Å². The summed E-state index contributed by atoms with van der Waals surface area (Å²) in [6, 6.07) is 4.62. The van der Waals surface area contributed by atoms with E-state index >= 15 is 0 Å². The molecule has 56 valence electrons. The van der Waals surface area contributed by atoms with Gasteiger partial charge in [-0.15, -0.1) is 0 Å². The second kappa shape index (κ2) is 4.22. The van der Waals surface area contributed by atoms with E-state index in [9.17, 15) is 9.90 Å². The molecule has 1 aromatic heterocycles. The molecule has 4 heteroatoms. The Hall–Kier alpha value is -0.640. The van der Waals surface area contributed by atoms with Crippen LogP contribution in [0, 0.1) is 0 Å². The molecule has 1 aromatic rings. The van der Waals surface area contributed by atoms with E-state index in [4.69, 9.17) is 0 Å². The van der Waals surface area contributed by atoms with Crippen LogP contribution in [-0.4, -0.2) is 11.0 Å². The number of carboxylic acid groups (broad SMARTS) is 1. The Kier molecular flexibility index (Phi) is 3.95. The van der Waals surface area contributed by atoms with E-state index in [1.54, 1.807) is 12.1 Å². The van der Waals surface area contributed by atoms with Gasteiger partial charge in [0.2, 0.25) is 0 Å². The molecule has 0 amide bonds. The topological polar surface area (TPSA) is 53.0 Å². The van der Waals surface area contributed by atoms with Gasteiger partial charge in [-0.2, -0.15) is 0 Å². The number of carboxylic acids is 1. The summed E-state index contributed by atoms with van der Waals surface area (Å²) in [7, 11) is 0. The number of nitrogens with zero attached hydrogens (tertiary/aromatic N) is 1. The average Bonchev–Trinajstić information content (AvgIpc) is 1.90. The van der Waals surface area contributed by atoms with E-state index in [1.807, 2.05) is 0 Å². The van der Waals surface area contributed by atoms with E-state index in [-0.39, 0.29) is 28.1 Å². The molecular weight excluding hydrogens is 226 g/mol. The minimum Gasteiger partial charge on any atom is -0.543 e. The van der Waals surface area contributed by atoms with Crippen molar-refractivity contribution in [3.63, 3.8) is 0 Å². The van der Waals surface area contributed by atoms with E-state index < -0.39 is 5.97 Å². The van der Waals surface area contributed by atoms with Gasteiger partial charge in [0, 0.05) is 6.20 Å². The van der Waals surface area contributed by atoms with Crippen molar-refractivity contribution >= 4 is 5.97 Å². The van der Waals surface area contributed by atoms with Gasteiger partial charge >= 0.3 is 22.4 Å². The Morgan fingerprint density at radius 3 is 2.50 bits per heavy atom. The Labute approximate surface area is 73.6 Å². The SMILES string of the molecule is O=C([O-])c1ccccn1.[Ag+]. The van der Waals surface area contributed by atoms with Crippen molar-refractivity contribution in [2.75, 3.05) is 0 Å². The van der Waals surface area contributed by atoms with Gasteiger partial charge < -0.3 is 9.90 Å². The number of aromatic carboxylic acids is 1. The molecule has 0 bridgehead atoms. The first kappa shape index (κ1) is 9.36. The zero-order chi connectivity index (χ0) is 6.69. The molecule has 1 rings (SSSR count). The maximum absolute atomic E-state index is 10.0. The predicted octanol–water partition coefficient (Wildman–Crippen LogP) is -0.557. The zero-order valence-electron chi connectivity index (χ0n) is 4.87. The van der Waals surface area contributed by atoms with E-state index in [0.717, 1.165) is 0 Å². The first-order valence-corrected chi connectivity index (χ1v) is 2.43. The van der Waals surface area contributed by atoms with Crippen LogP contribution in [0.5, 0.6) is 0 Å². The Morgan fingerprint density at radius 1 is 1.50 bits per heavy atom. The Morgan fingerprint density at radius 2 is 2.20 bits per heavy atom. The second-order valence-electron chi connectivity index (χ2n) is 1.50. The van der Waals surface area contributed by atoms with Crippen molar-refractivity contribution in [2.45, 2.75) is 0 Å². The standard InChI is InChI=1S/C6H5NO2.Ag/c8-6(9)5-3-1-2-4-7-5;/h1-4H,(H,8,9);/q;+1/p-1. The molecule has 0 saturated carbocycles. The van der Waals surface area contributed by atoms with Crippen LogP contribution in [-0.2, 0) is 22.4 Å². The van der Waals surface area contributed by atoms with Gasteiger partial charge in [0.1, 0.15) is 0 Å². The van der Waals surface area contributed by atoms with Gasteiger partial charge in [-0.05, 0) is 12.1 Å². The molecule has 0 aromatic carbocycles. The first-order valence-electron chi connectivity index (χ1n) is 2.43. The van der Waals surface area contributed by atoms with Crippen LogP contribution in [0.4, 0.5) is 0 Å². The fourth-order valence-electron chi connectivity index (χ4n) is 0.484. The molecule has 3 nitrogen and oxygen atoms in total. The summed E-state index contributed by atoms with van der Waals surface area (Å²) in [5.74, 6) is -1.24. The van der Waals surface area contributed by atoms with Crippen molar-refractivity contribution in [2.24, 2.45) is 0 Å². The quantitative estimate of drug-likeness (QED) is 0.607. The smallest absolute Gasteiger partial charge is 0.543 e. The predicted molar refractivity (Wildman–Crippen MR) is 28.6 cm³/mol. The number of carbonyl (C=O) groups excluding carboxylic acids is 1. The normalized spacial score (nSPS) is 8.00. The maximum atomic E-state index is 10.0. The minimum absolute atomic E-state index is 0. The van der Waals surface area contributed by atoms with Crippen LogP contribution in [0.1, 0.15) is 10.5 Å². The fourth-order valence-corrected chi connectivity index (χ4v) is 0.484. The molecule has 0 fully saturated rings. The maximum Gasteiger partial charge on any atom is 1.00 e. The largest absolute Gasteiger partial charge is 1.00 e. The molecule has 0 atom stereocenters. The summed E-state index contributed by atoms with van der Waals surface area (Å²) < 4.78 is 0. The van der Waals surface area contributed by atoms with E-state index in [2.05, 4.69) is 4.98 Å². The summed E-state index contributed by atoms with van der Waals surface area (Å²) in [6.45, 7) is 0. The molecule has 0 aliphatic heterocycles. The zero-order valence-corrected chi connectivity index (χ0v) is 6.36. The van der Waals surface area contributed by atoms with Crippen molar-refractivity contribution < 1.29 is 32.3 Å². The third kappa shape index (κ3) is 2.31. The summed E-state index contributed by atoms with van der Waals surface area (Å²) in [5.41, 5.74) is -0.0301. The van der Waals surface area contributed by atoms with Crippen LogP contribution < -0.4 is 5.11 Å². The van der Waals surface area contributed by atoms with Gasteiger partial charge in [0.25, 0.3) is 0 Å². The minimum atomic E-state index is -1.24. The van der Waals surface area contributed by atoms with Gasteiger partial charge in [-0.3, -0.25) is 4.98 Å². The number of aromatic nitrogens is 1. The van der Waals surface area contributed by atoms with Crippen LogP contribution in [0.3, 0.4) is 0 Å². The molecule has 0 N–H and O–H groups in total. The molecule has 0 aliphatic rings. The molecule has 0 aliphatic carbocycles. The van der Waals surface area contributed by atoms with E-state index in [1.165, 1.54) is 12.3 Å². The summed E-state index contributed by atoms with van der Waals surface area (Å²) in [5, 5.41) is 10.0. The van der Waals surface area contributed by atoms with Crippen LogP contribution in [0.2, 0.25) is 0 Å². The van der Waals surface area contributed by atoms with Crippen molar-refractivity contribution in [3.8, 4) is 0 Å². The number of rotatable bonds is 1. The summed E-state index contributed by atoms with van der Waals surface area (Å²) in [6.07, 6.45) is 1.41. The molecule has 0 radical (unpaired) electrons. The first-order chi connectivity index (χ1) is 4.30. The monoisotopic (exact) mass is 229 g/mol. The summed E-state index contributed by atoms with van der Waals surface area (Å²) >= 11 is 0. The molecule has 10 heavy (non-hydrogen) atoms. The third-order valence-corrected chi connectivity index (χ3v) is 0.874. The van der Waals surface area contributed by atoms with Crippen molar-refractivity contribution in [1.82, 2.24) is 4.98 Å². The number of hydrogen-bond acceptors (Lipinski definition) is 3. The van der Waals surface area contributed by atoms with Gasteiger partial charge in [-0.25, -0.2) is 0 Å². The van der Waals surface area contributed by atoms with Crippen LogP contribution >= 0.6 is 0 Å². The van der Waals surface area contributed by atoms with Gasteiger partial charge in [0.15, 0.2) is 0 Å². The van der Waals surface area contributed by atoms with E-state index in [0.29, 0.717) is 0 Å². The Balaban J connectivity index is 0.000000810. The molecule has 0 spiro atoms. The number of pyridine rings is 1. The number of hydrogen-bond donors (Lipinski definition) is 0. The van der Waals surface area contributed by atoms with Crippen LogP contribution in [0.25, 0.3) is 0 Å². The van der Waals surface area contributed by atoms with Gasteiger partial charge in [-0.1, -0.05) is 6.07 Å². The molecule has 0 unspecified atom stereocenters.